The van der Waals surface area contributed by atoms with Crippen LogP contribution in [0.2, 0.25) is 0 Å². The van der Waals surface area contributed by atoms with Gasteiger partial charge in [-0.05, 0) is 35.9 Å². The van der Waals surface area contributed by atoms with Gasteiger partial charge in [0.1, 0.15) is 5.01 Å². The third-order valence-corrected chi connectivity index (χ3v) is 4.74. The number of halogens is 3. The lowest BCUT2D eigenvalue weighted by atomic mass is 10.1. The first-order valence-electron chi connectivity index (χ1n) is 7.60. The van der Waals surface area contributed by atoms with Crippen LogP contribution < -0.4 is 5.73 Å². The Morgan fingerprint density at radius 1 is 1.04 bits per heavy atom. The summed E-state index contributed by atoms with van der Waals surface area (Å²) in [5.74, 6) is 0. The predicted molar refractivity (Wildman–Crippen MR) is 93.6 cm³/mol. The van der Waals surface area contributed by atoms with E-state index in [4.69, 9.17) is 5.73 Å². The molecule has 9 heteroatoms. The molecule has 0 aliphatic heterocycles. The van der Waals surface area contributed by atoms with E-state index < -0.39 is 11.7 Å². The minimum atomic E-state index is -4.33. The van der Waals surface area contributed by atoms with Crippen LogP contribution in [0, 0.1) is 0 Å². The van der Waals surface area contributed by atoms with Gasteiger partial charge in [0.2, 0.25) is 5.13 Å². The molecule has 2 N–H and O–H groups in total. The second-order valence-corrected chi connectivity index (χ2v) is 6.73. The zero-order valence-corrected chi connectivity index (χ0v) is 14.1. The first-order chi connectivity index (χ1) is 12.4. The number of nitrogens with two attached hydrogens (primary N) is 1. The summed E-state index contributed by atoms with van der Waals surface area (Å²) in [6, 6.07) is 10.8. The van der Waals surface area contributed by atoms with Crippen LogP contribution in [0.25, 0.3) is 21.6 Å². The number of nitrogens with zero attached hydrogens (tertiary/aromatic N) is 4. The molecule has 4 rings (SSSR count). The molecule has 0 unspecified atom stereocenters. The molecule has 0 atom stereocenters. The van der Waals surface area contributed by atoms with Crippen LogP contribution in [-0.2, 0) is 12.7 Å². The van der Waals surface area contributed by atoms with Gasteiger partial charge < -0.3 is 10.3 Å². The van der Waals surface area contributed by atoms with E-state index in [9.17, 15) is 13.2 Å². The van der Waals surface area contributed by atoms with Gasteiger partial charge in [0.25, 0.3) is 0 Å². The van der Waals surface area contributed by atoms with E-state index >= 15 is 0 Å². The van der Waals surface area contributed by atoms with Gasteiger partial charge in [0.05, 0.1) is 22.9 Å². The van der Waals surface area contributed by atoms with Crippen LogP contribution >= 0.6 is 11.3 Å². The number of fused-ring (bicyclic) bond motifs is 1. The third kappa shape index (κ3) is 3.13. The lowest BCUT2D eigenvalue weighted by Crippen LogP contribution is -2.05. The molecule has 4 aromatic rings. The highest BCUT2D eigenvalue weighted by Gasteiger charge is 2.29. The largest absolute Gasteiger partial charge is 0.416 e. The average molecular weight is 375 g/mol. The summed E-state index contributed by atoms with van der Waals surface area (Å²) >= 11 is 1.29. The van der Waals surface area contributed by atoms with Crippen LogP contribution in [0.5, 0.6) is 0 Å². The maximum Gasteiger partial charge on any atom is 0.416 e. The standard InChI is InChI=1S/C17H12F3N5S/c18-17(19,20)12-4-1-10(2-5-12)8-25-9-22-13-6-3-11(7-14(13)25)15-23-24-16(21)26-15/h1-7,9H,8H2,(H2,21,24). The Labute approximate surface area is 149 Å². The number of aromatic nitrogens is 4. The molecular weight excluding hydrogens is 363 g/mol. The van der Waals surface area contributed by atoms with E-state index in [0.29, 0.717) is 16.7 Å². The molecule has 0 amide bonds. The Bertz CT molecular complexity index is 1070. The summed E-state index contributed by atoms with van der Waals surface area (Å²) < 4.78 is 39.9. The number of imidazole rings is 1. The molecule has 0 saturated carbocycles. The molecule has 0 saturated heterocycles. The van der Waals surface area contributed by atoms with Crippen molar-refractivity contribution >= 4 is 27.5 Å². The lowest BCUT2D eigenvalue weighted by Gasteiger charge is -2.09. The summed E-state index contributed by atoms with van der Waals surface area (Å²) in [7, 11) is 0. The van der Waals surface area contributed by atoms with Gasteiger partial charge in [-0.1, -0.05) is 23.5 Å². The first kappa shape index (κ1) is 16.5. The van der Waals surface area contributed by atoms with Crippen molar-refractivity contribution in [1.29, 1.82) is 0 Å². The number of benzene rings is 2. The highest BCUT2D eigenvalue weighted by atomic mass is 32.1. The Kier molecular flexibility index (Phi) is 3.87. The van der Waals surface area contributed by atoms with E-state index in [1.54, 1.807) is 6.33 Å². The van der Waals surface area contributed by atoms with E-state index in [2.05, 4.69) is 15.2 Å². The Morgan fingerprint density at radius 3 is 2.46 bits per heavy atom. The van der Waals surface area contributed by atoms with Gasteiger partial charge in [-0.25, -0.2) is 4.98 Å². The molecule has 0 fully saturated rings. The van der Waals surface area contributed by atoms with E-state index in [1.807, 2.05) is 22.8 Å². The molecule has 2 aromatic heterocycles. The molecule has 2 heterocycles. The van der Waals surface area contributed by atoms with Gasteiger partial charge in [-0.2, -0.15) is 13.2 Å². The van der Waals surface area contributed by atoms with Crippen LogP contribution in [-0.4, -0.2) is 19.7 Å². The van der Waals surface area contributed by atoms with Crippen LogP contribution in [0.3, 0.4) is 0 Å². The maximum atomic E-state index is 12.7. The van der Waals surface area contributed by atoms with E-state index in [0.717, 1.165) is 34.3 Å². The molecular formula is C17H12F3N5S. The Morgan fingerprint density at radius 2 is 1.81 bits per heavy atom. The minimum absolute atomic E-state index is 0.387. The van der Waals surface area contributed by atoms with Crippen LogP contribution in [0.4, 0.5) is 18.3 Å². The second-order valence-electron chi connectivity index (χ2n) is 5.72. The van der Waals surface area contributed by atoms with Gasteiger partial charge in [-0.3, -0.25) is 0 Å². The van der Waals surface area contributed by atoms with Crippen molar-refractivity contribution in [2.45, 2.75) is 12.7 Å². The highest BCUT2D eigenvalue weighted by molar-refractivity contribution is 7.18. The van der Waals surface area contributed by atoms with E-state index in [1.165, 1.54) is 23.5 Å². The van der Waals surface area contributed by atoms with Crippen molar-refractivity contribution in [2.75, 3.05) is 5.73 Å². The molecule has 132 valence electrons. The molecule has 5 nitrogen and oxygen atoms in total. The second kappa shape index (κ2) is 6.10. The fourth-order valence-electron chi connectivity index (χ4n) is 2.66. The molecule has 2 aromatic carbocycles. The average Bonchev–Trinajstić information content (AvgIpc) is 3.21. The first-order valence-corrected chi connectivity index (χ1v) is 8.42. The normalized spacial score (nSPS) is 12.0. The number of nitrogen functional groups attached to an aromatic ring is 1. The number of hydrogen-bond acceptors (Lipinski definition) is 5. The van der Waals surface area contributed by atoms with Gasteiger partial charge in [0.15, 0.2) is 0 Å². The van der Waals surface area contributed by atoms with Crippen molar-refractivity contribution in [2.24, 2.45) is 0 Å². The molecule has 0 bridgehead atoms. The molecule has 0 aliphatic rings. The molecule has 0 radical (unpaired) electrons. The zero-order valence-electron chi connectivity index (χ0n) is 13.2. The van der Waals surface area contributed by atoms with Crippen LogP contribution in [0.15, 0.2) is 48.8 Å². The van der Waals surface area contributed by atoms with Crippen molar-refractivity contribution in [1.82, 2.24) is 19.7 Å². The SMILES string of the molecule is Nc1nnc(-c2ccc3ncn(Cc4ccc(C(F)(F)F)cc4)c3c2)s1. The zero-order chi connectivity index (χ0) is 18.3. The number of anilines is 1. The van der Waals surface area contributed by atoms with Gasteiger partial charge >= 0.3 is 6.18 Å². The lowest BCUT2D eigenvalue weighted by molar-refractivity contribution is -0.137. The topological polar surface area (TPSA) is 69.6 Å². The van der Waals surface area contributed by atoms with Gasteiger partial charge in [-0.15, -0.1) is 10.2 Å². The number of rotatable bonds is 3. The fraction of sp³-hybridized carbons (Fsp3) is 0.118. The fourth-order valence-corrected chi connectivity index (χ4v) is 3.27. The summed E-state index contributed by atoms with van der Waals surface area (Å²) in [6.45, 7) is 0.413. The Hall–Kier alpha value is -2.94. The summed E-state index contributed by atoms with van der Waals surface area (Å²) in [4.78, 5) is 4.34. The number of alkyl halides is 3. The molecule has 0 aliphatic carbocycles. The quantitative estimate of drug-likeness (QED) is 0.583. The third-order valence-electron chi connectivity index (χ3n) is 3.94. The predicted octanol–water partition coefficient (Wildman–Crippen LogP) is 4.20. The van der Waals surface area contributed by atoms with Crippen molar-refractivity contribution in [3.8, 4) is 10.6 Å². The summed E-state index contributed by atoms with van der Waals surface area (Å²) in [6.07, 6.45) is -2.67. The van der Waals surface area contributed by atoms with Crippen molar-refractivity contribution < 1.29 is 13.2 Å². The van der Waals surface area contributed by atoms with Crippen LogP contribution in [0.1, 0.15) is 11.1 Å². The smallest absolute Gasteiger partial charge is 0.374 e. The van der Waals surface area contributed by atoms with Crippen molar-refractivity contribution in [3.05, 3.63) is 59.9 Å². The van der Waals surface area contributed by atoms with E-state index in [-0.39, 0.29) is 0 Å². The minimum Gasteiger partial charge on any atom is -0.374 e. The molecule has 0 spiro atoms. The Balaban J connectivity index is 1.66. The monoisotopic (exact) mass is 375 g/mol. The summed E-state index contributed by atoms with van der Waals surface area (Å²) in [5, 5.41) is 8.93. The van der Waals surface area contributed by atoms with Crippen molar-refractivity contribution in [3.63, 3.8) is 0 Å². The van der Waals surface area contributed by atoms with Gasteiger partial charge in [0, 0.05) is 12.1 Å². The maximum absolute atomic E-state index is 12.7. The highest BCUT2D eigenvalue weighted by Crippen LogP contribution is 2.30. The number of hydrogen-bond donors (Lipinski definition) is 1. The summed E-state index contributed by atoms with van der Waals surface area (Å²) in [5.41, 5.74) is 8.23. The molecule has 26 heavy (non-hydrogen) atoms.